The number of ether oxygens (including phenoxy) is 4. The van der Waals surface area contributed by atoms with E-state index < -0.39 is 35.4 Å². The molecule has 16 nitrogen and oxygen atoms in total. The number of primary amides is 1. The molecule has 1 rings (SSSR count). The topological polar surface area (TPSA) is 208 Å². The summed E-state index contributed by atoms with van der Waals surface area (Å²) in [5.74, 6) is -2.05. The Balaban J connectivity index is 2.73. The predicted octanol–water partition coefficient (Wildman–Crippen LogP) is 3.71. The highest BCUT2D eigenvalue weighted by Crippen LogP contribution is 2.20. The van der Waals surface area contributed by atoms with Gasteiger partial charge in [0.1, 0.15) is 6.61 Å². The summed E-state index contributed by atoms with van der Waals surface area (Å²) in [6.45, 7) is 14.6. The van der Waals surface area contributed by atoms with Gasteiger partial charge in [0.25, 0.3) is 0 Å². The number of rotatable bonds is 27. The fraction of sp³-hybridized carbons (Fsp3) is 0.692. The van der Waals surface area contributed by atoms with Crippen molar-refractivity contribution in [1.29, 1.82) is 0 Å². The number of ketones is 1. The van der Waals surface area contributed by atoms with Gasteiger partial charge in [-0.3, -0.25) is 19.2 Å². The Kier molecular flexibility index (Phi) is 23.5. The molecule has 5 N–H and O–H groups in total. The number of Topliss-reactive ketones (excluding diaryl/α,β-unsaturated/α-hetero) is 1. The lowest BCUT2D eigenvalue weighted by molar-refractivity contribution is -0.138. The van der Waals surface area contributed by atoms with E-state index in [2.05, 4.69) is 16.0 Å². The number of anilines is 1. The molecule has 0 radical (unpaired) electrons. The third-order valence-electron chi connectivity index (χ3n) is 8.40. The van der Waals surface area contributed by atoms with E-state index in [-0.39, 0.29) is 62.5 Å². The normalized spacial score (nSPS) is 12.4. The van der Waals surface area contributed by atoms with Crippen molar-refractivity contribution in [1.82, 2.24) is 20.4 Å². The van der Waals surface area contributed by atoms with Gasteiger partial charge in [-0.2, -0.15) is 0 Å². The zero-order valence-electron chi connectivity index (χ0n) is 34.2. The molecule has 16 heteroatoms. The number of carbonyl (C=O) groups excluding carboxylic acids is 6. The quantitative estimate of drug-likeness (QED) is 0.0953. The molecule has 0 fully saturated rings. The molecule has 6 amide bonds. The highest BCUT2D eigenvalue weighted by atomic mass is 16.6. The molecule has 1 aromatic carbocycles. The fourth-order valence-corrected chi connectivity index (χ4v) is 5.22. The van der Waals surface area contributed by atoms with Gasteiger partial charge in [0.2, 0.25) is 17.7 Å². The van der Waals surface area contributed by atoms with Crippen LogP contribution in [0.2, 0.25) is 0 Å². The number of likely N-dealkylation sites (N-methyl/N-ethyl adjacent to an activating group) is 2. The van der Waals surface area contributed by atoms with Gasteiger partial charge in [-0.05, 0) is 42.9 Å². The monoisotopic (exact) mass is 778 g/mol. The van der Waals surface area contributed by atoms with E-state index in [1.165, 1.54) is 4.90 Å². The summed E-state index contributed by atoms with van der Waals surface area (Å²) < 4.78 is 21.7. The first-order valence-corrected chi connectivity index (χ1v) is 19.1. The molecular weight excluding hydrogens is 712 g/mol. The summed E-state index contributed by atoms with van der Waals surface area (Å²) in [6.07, 6.45) is 0.997. The minimum absolute atomic E-state index is 0.00394. The molecule has 0 aromatic heterocycles. The molecule has 0 unspecified atom stereocenters. The number of benzene rings is 1. The lowest BCUT2D eigenvalue weighted by Crippen LogP contribution is -2.45. The number of nitrogens with one attached hydrogen (secondary N) is 3. The Hall–Kier alpha value is -4.28. The van der Waals surface area contributed by atoms with Crippen LogP contribution in [-0.2, 0) is 44.7 Å². The second-order valence-corrected chi connectivity index (χ2v) is 14.8. The molecule has 1 aromatic rings. The minimum Gasteiger partial charge on any atom is -0.445 e. The molecule has 0 aliphatic heterocycles. The number of carbonyl (C=O) groups is 6. The minimum atomic E-state index is -0.814. The Labute approximate surface area is 326 Å². The van der Waals surface area contributed by atoms with E-state index >= 15 is 0 Å². The predicted molar refractivity (Wildman–Crippen MR) is 209 cm³/mol. The lowest BCUT2D eigenvalue weighted by Gasteiger charge is -2.27. The number of nitrogens with two attached hydrogens (primary N) is 1. The van der Waals surface area contributed by atoms with Crippen LogP contribution in [0.4, 0.5) is 15.3 Å². The number of nitrogens with zero attached hydrogens (tertiary/aromatic N) is 2. The van der Waals surface area contributed by atoms with Gasteiger partial charge < -0.3 is 50.4 Å². The Morgan fingerprint density at radius 3 is 1.98 bits per heavy atom. The number of urea groups is 1. The van der Waals surface area contributed by atoms with Crippen LogP contribution in [0.1, 0.15) is 79.2 Å². The lowest BCUT2D eigenvalue weighted by atomic mass is 9.89. The molecule has 0 heterocycles. The first-order chi connectivity index (χ1) is 26.0. The average Bonchev–Trinajstić information content (AvgIpc) is 3.13. The van der Waals surface area contributed by atoms with Gasteiger partial charge in [-0.15, -0.1) is 0 Å². The average molecular weight is 779 g/mol. The van der Waals surface area contributed by atoms with Gasteiger partial charge in [-0.25, -0.2) is 9.59 Å². The van der Waals surface area contributed by atoms with E-state index in [9.17, 15) is 28.8 Å². The van der Waals surface area contributed by atoms with Crippen molar-refractivity contribution in [2.24, 2.45) is 23.0 Å². The summed E-state index contributed by atoms with van der Waals surface area (Å²) in [6, 6.07) is 5.25. The molecule has 312 valence electrons. The van der Waals surface area contributed by atoms with Crippen molar-refractivity contribution in [2.75, 3.05) is 78.7 Å². The first kappa shape index (κ1) is 48.7. The third kappa shape index (κ3) is 21.4. The van der Waals surface area contributed by atoms with Gasteiger partial charge in [0, 0.05) is 70.2 Å². The standard InChI is InChI=1S/C39H66N6O10/c1-9-20-52-22-24-54-25-23-53-21-16-33(47)43-34(28(2)3)32(46)26-30(11-10-17-41-37(40)50)35(48)42-31-14-12-29(13-15-31)27-55-38(51)45(8)19-18-44(7)36(49)39(4,5)6/h12-15,28,30,34H,9-11,16-27H2,1-8H3,(H,42,48)(H,43,47)(H3,40,41,50)/t30-,34+/m1/s1. The van der Waals surface area contributed by atoms with E-state index in [0.29, 0.717) is 63.8 Å². The number of amides is 6. The third-order valence-corrected chi connectivity index (χ3v) is 8.40. The van der Waals surface area contributed by atoms with Crippen LogP contribution in [0.5, 0.6) is 0 Å². The van der Waals surface area contributed by atoms with Crippen LogP contribution in [0.25, 0.3) is 0 Å². The maximum Gasteiger partial charge on any atom is 0.409 e. The summed E-state index contributed by atoms with van der Waals surface area (Å²) >= 11 is 0. The van der Waals surface area contributed by atoms with Gasteiger partial charge in [-0.1, -0.05) is 53.7 Å². The molecule has 0 saturated carbocycles. The molecule has 55 heavy (non-hydrogen) atoms. The van der Waals surface area contributed by atoms with Crippen LogP contribution in [0.15, 0.2) is 24.3 Å². The Bertz CT molecular complexity index is 1340. The molecular formula is C39H66N6O10. The smallest absolute Gasteiger partial charge is 0.409 e. The zero-order chi connectivity index (χ0) is 41.4. The second kappa shape index (κ2) is 26.5. The van der Waals surface area contributed by atoms with Crippen molar-refractivity contribution < 1.29 is 47.7 Å². The van der Waals surface area contributed by atoms with Crippen LogP contribution >= 0.6 is 0 Å². The van der Waals surface area contributed by atoms with Crippen molar-refractivity contribution >= 4 is 41.3 Å². The largest absolute Gasteiger partial charge is 0.445 e. The van der Waals surface area contributed by atoms with Crippen LogP contribution in [0.3, 0.4) is 0 Å². The highest BCUT2D eigenvalue weighted by Gasteiger charge is 2.30. The number of hydrogen-bond acceptors (Lipinski definition) is 10. The first-order valence-electron chi connectivity index (χ1n) is 19.1. The zero-order valence-corrected chi connectivity index (χ0v) is 34.2. The maximum absolute atomic E-state index is 13.5. The van der Waals surface area contributed by atoms with Crippen molar-refractivity contribution in [3.8, 4) is 0 Å². The van der Waals surface area contributed by atoms with Gasteiger partial charge in [0.15, 0.2) is 5.78 Å². The maximum atomic E-state index is 13.5. The molecule has 0 spiro atoms. The van der Waals surface area contributed by atoms with E-state index in [1.54, 1.807) is 43.3 Å². The molecule has 0 aliphatic carbocycles. The Morgan fingerprint density at radius 2 is 1.42 bits per heavy atom. The van der Waals surface area contributed by atoms with Crippen molar-refractivity contribution in [2.45, 2.75) is 86.3 Å². The van der Waals surface area contributed by atoms with Gasteiger partial charge >= 0.3 is 12.1 Å². The van der Waals surface area contributed by atoms with Gasteiger partial charge in [0.05, 0.1) is 39.1 Å². The summed E-state index contributed by atoms with van der Waals surface area (Å²) in [7, 11) is 3.29. The van der Waals surface area contributed by atoms with Crippen LogP contribution in [-0.4, -0.2) is 125 Å². The van der Waals surface area contributed by atoms with Crippen LogP contribution < -0.4 is 21.7 Å². The van der Waals surface area contributed by atoms with Crippen molar-refractivity contribution in [3.63, 3.8) is 0 Å². The summed E-state index contributed by atoms with van der Waals surface area (Å²) in [4.78, 5) is 78.8. The Morgan fingerprint density at radius 1 is 0.836 bits per heavy atom. The summed E-state index contributed by atoms with van der Waals surface area (Å²) in [5.41, 5.74) is 5.82. The van der Waals surface area contributed by atoms with Crippen molar-refractivity contribution in [3.05, 3.63) is 29.8 Å². The molecule has 0 bridgehead atoms. The fourth-order valence-electron chi connectivity index (χ4n) is 5.22. The summed E-state index contributed by atoms with van der Waals surface area (Å²) in [5, 5.41) is 8.15. The SMILES string of the molecule is CCCOCCOCCOCCC(=O)N[C@H](C(=O)C[C@@H](CCCNC(N)=O)C(=O)Nc1ccc(COC(=O)N(C)CCN(C)C(=O)C(C)(C)C)cc1)C(C)C. The molecule has 0 saturated heterocycles. The molecule has 0 aliphatic rings. The highest BCUT2D eigenvalue weighted by molar-refractivity contribution is 5.97. The second-order valence-electron chi connectivity index (χ2n) is 14.8. The van der Waals surface area contributed by atoms with Crippen LogP contribution in [0, 0.1) is 17.3 Å². The van der Waals surface area contributed by atoms with E-state index in [0.717, 1.165) is 6.42 Å². The van der Waals surface area contributed by atoms with E-state index in [4.69, 9.17) is 24.7 Å². The number of hydrogen-bond donors (Lipinski definition) is 4. The molecule has 2 atom stereocenters. The van der Waals surface area contributed by atoms with E-state index in [1.807, 2.05) is 41.5 Å².